The van der Waals surface area contributed by atoms with Crippen molar-refractivity contribution in [3.05, 3.63) is 59.9 Å². The van der Waals surface area contributed by atoms with E-state index in [1.165, 1.54) is 11.8 Å². The van der Waals surface area contributed by atoms with Crippen LogP contribution in [0.1, 0.15) is 36.8 Å². The minimum Gasteiger partial charge on any atom is -0.478 e. The lowest BCUT2D eigenvalue weighted by Crippen LogP contribution is -2.44. The molecular formula is C27H34N4O4. The fraction of sp³-hybridized carbons (Fsp3) is 0.444. The van der Waals surface area contributed by atoms with Gasteiger partial charge in [0.25, 0.3) is 0 Å². The fourth-order valence-corrected chi connectivity index (χ4v) is 4.75. The van der Waals surface area contributed by atoms with Crippen molar-refractivity contribution < 1.29 is 19.8 Å². The molecule has 1 amide bonds. The van der Waals surface area contributed by atoms with Gasteiger partial charge in [0.1, 0.15) is 0 Å². The van der Waals surface area contributed by atoms with Crippen molar-refractivity contribution in [3.8, 4) is 0 Å². The van der Waals surface area contributed by atoms with Crippen molar-refractivity contribution in [2.75, 3.05) is 43.0 Å². The number of hydrogen-bond acceptors (Lipinski definition) is 6. The number of anilines is 2. The number of carboxylic acids is 1. The number of carbonyl (C=O) groups excluding carboxylic acids is 1. The Morgan fingerprint density at radius 1 is 1.06 bits per heavy atom. The summed E-state index contributed by atoms with van der Waals surface area (Å²) in [6.07, 6.45) is 8.00. The Hall–Kier alpha value is -3.23. The molecule has 1 aliphatic carbocycles. The van der Waals surface area contributed by atoms with Crippen LogP contribution >= 0.6 is 0 Å². The minimum atomic E-state index is -1.04. The number of carboxylic acid groups (broad SMARTS) is 1. The van der Waals surface area contributed by atoms with Crippen molar-refractivity contribution in [2.45, 2.75) is 38.3 Å². The van der Waals surface area contributed by atoms with Gasteiger partial charge in [0.15, 0.2) is 0 Å². The third kappa shape index (κ3) is 6.68. The molecule has 2 aromatic rings. The molecule has 2 aliphatic rings. The molecule has 1 saturated heterocycles. The van der Waals surface area contributed by atoms with Crippen LogP contribution in [0.5, 0.6) is 0 Å². The highest BCUT2D eigenvalue weighted by atomic mass is 16.4. The van der Waals surface area contributed by atoms with Gasteiger partial charge < -0.3 is 24.9 Å². The average molecular weight is 479 g/mol. The lowest BCUT2D eigenvalue weighted by molar-refractivity contribution is -0.131. The van der Waals surface area contributed by atoms with Gasteiger partial charge in [0, 0.05) is 50.1 Å². The predicted molar refractivity (Wildman–Crippen MR) is 136 cm³/mol. The molecule has 186 valence electrons. The van der Waals surface area contributed by atoms with Crippen LogP contribution in [0, 0.1) is 5.92 Å². The van der Waals surface area contributed by atoms with Gasteiger partial charge in [0.2, 0.25) is 5.91 Å². The zero-order chi connectivity index (χ0) is 24.8. The maximum absolute atomic E-state index is 13.6. The van der Waals surface area contributed by atoms with Crippen molar-refractivity contribution in [3.63, 3.8) is 0 Å². The quantitative estimate of drug-likeness (QED) is 0.591. The van der Waals surface area contributed by atoms with E-state index in [0.29, 0.717) is 43.5 Å². The lowest BCUT2D eigenvalue weighted by atomic mass is 9.86. The number of likely N-dealkylation sites (N-methyl/N-ethyl adjacent to an activating group) is 1. The summed E-state index contributed by atoms with van der Waals surface area (Å²) in [4.78, 5) is 35.3. The molecule has 2 N–H and O–H groups in total. The Bertz CT molecular complexity index is 1040. The zero-order valence-corrected chi connectivity index (χ0v) is 20.2. The summed E-state index contributed by atoms with van der Waals surface area (Å²) < 4.78 is 0. The number of aromatic nitrogens is 1. The Morgan fingerprint density at radius 3 is 2.40 bits per heavy atom. The first-order valence-electron chi connectivity index (χ1n) is 12.3. The molecule has 1 aliphatic heterocycles. The molecule has 0 radical (unpaired) electrons. The van der Waals surface area contributed by atoms with E-state index in [0.717, 1.165) is 37.8 Å². The molecule has 0 unspecified atom stereocenters. The van der Waals surface area contributed by atoms with E-state index >= 15 is 0 Å². The summed E-state index contributed by atoms with van der Waals surface area (Å²) >= 11 is 0. The van der Waals surface area contributed by atoms with E-state index in [9.17, 15) is 14.7 Å². The second kappa shape index (κ2) is 11.5. The summed E-state index contributed by atoms with van der Waals surface area (Å²) in [6, 6.07) is 10.2. The third-order valence-electron chi connectivity index (χ3n) is 6.93. The first-order valence-corrected chi connectivity index (χ1v) is 12.3. The highest BCUT2D eigenvalue weighted by Gasteiger charge is 2.30. The largest absolute Gasteiger partial charge is 0.478 e. The molecule has 35 heavy (non-hydrogen) atoms. The highest BCUT2D eigenvalue weighted by Crippen LogP contribution is 2.29. The number of piperazine rings is 1. The van der Waals surface area contributed by atoms with E-state index in [2.05, 4.69) is 46.1 Å². The van der Waals surface area contributed by atoms with E-state index in [4.69, 9.17) is 5.11 Å². The van der Waals surface area contributed by atoms with E-state index in [1.807, 2.05) is 0 Å². The van der Waals surface area contributed by atoms with Crippen molar-refractivity contribution in [1.82, 2.24) is 9.88 Å². The van der Waals surface area contributed by atoms with Gasteiger partial charge >= 0.3 is 5.97 Å². The Morgan fingerprint density at radius 2 is 1.74 bits per heavy atom. The summed E-state index contributed by atoms with van der Waals surface area (Å²) in [5.74, 6) is -1.17. The maximum atomic E-state index is 13.6. The molecule has 1 aromatic heterocycles. The highest BCUT2D eigenvalue weighted by molar-refractivity contribution is 5.95. The monoisotopic (exact) mass is 478 g/mol. The van der Waals surface area contributed by atoms with Crippen LogP contribution in [0.3, 0.4) is 0 Å². The summed E-state index contributed by atoms with van der Waals surface area (Å²) in [7, 11) is 2.14. The van der Waals surface area contributed by atoms with Crippen LogP contribution in [0.25, 0.3) is 6.08 Å². The van der Waals surface area contributed by atoms with Crippen LogP contribution in [0.2, 0.25) is 0 Å². The molecule has 8 nitrogen and oxygen atoms in total. The molecule has 0 spiro atoms. The smallest absolute Gasteiger partial charge is 0.328 e. The van der Waals surface area contributed by atoms with Gasteiger partial charge in [-0.1, -0.05) is 12.1 Å². The number of benzene rings is 1. The molecule has 4 rings (SSSR count). The zero-order valence-electron chi connectivity index (χ0n) is 20.2. The Balaban J connectivity index is 1.55. The number of aliphatic carboxylic acids is 1. The number of aliphatic hydroxyl groups excluding tert-OH is 1. The number of aliphatic hydroxyl groups is 1. The maximum Gasteiger partial charge on any atom is 0.328 e. The number of nitrogens with zero attached hydrogens (tertiary/aromatic N) is 4. The molecule has 1 aromatic carbocycles. The molecule has 2 heterocycles. The number of carbonyl (C=O) groups is 2. The fourth-order valence-electron chi connectivity index (χ4n) is 4.75. The Labute approximate surface area is 206 Å². The first-order chi connectivity index (χ1) is 16.9. The van der Waals surface area contributed by atoms with Crippen LogP contribution in [0.4, 0.5) is 11.4 Å². The van der Waals surface area contributed by atoms with Gasteiger partial charge in [-0.05, 0) is 68.1 Å². The summed E-state index contributed by atoms with van der Waals surface area (Å²) in [5, 5.41) is 18.9. The summed E-state index contributed by atoms with van der Waals surface area (Å²) in [6.45, 7) is 4.47. The standard InChI is InChI=1S/C27H34N4O4/c1-29-12-14-30(15-13-29)23-7-2-20(3-8-23)19-31(27(35)22-5-9-25(32)10-6-22)24-16-21(17-28-18-24)4-11-26(33)34/h2-4,7-8,11,16-18,22,25,32H,5-6,9-10,12-15,19H2,1H3,(H,33,34). The molecule has 0 bridgehead atoms. The third-order valence-corrected chi connectivity index (χ3v) is 6.93. The SMILES string of the molecule is CN1CCN(c2ccc(CN(C(=O)C3CCC(O)CC3)c3cncc(C=CC(=O)O)c3)cc2)CC1. The number of hydrogen-bond donors (Lipinski definition) is 2. The van der Waals surface area contributed by atoms with E-state index in [1.54, 1.807) is 23.4 Å². The predicted octanol–water partition coefficient (Wildman–Crippen LogP) is 3.02. The molecule has 1 saturated carbocycles. The van der Waals surface area contributed by atoms with Crippen LogP contribution in [-0.4, -0.2) is 71.3 Å². The Kier molecular flexibility index (Phi) is 8.15. The molecule has 0 atom stereocenters. The lowest BCUT2D eigenvalue weighted by Gasteiger charge is -2.34. The van der Waals surface area contributed by atoms with E-state index < -0.39 is 5.97 Å². The van der Waals surface area contributed by atoms with Crippen molar-refractivity contribution >= 4 is 29.3 Å². The van der Waals surface area contributed by atoms with Crippen LogP contribution < -0.4 is 9.80 Å². The van der Waals surface area contributed by atoms with E-state index in [-0.39, 0.29) is 17.9 Å². The van der Waals surface area contributed by atoms with Gasteiger partial charge in [-0.25, -0.2) is 4.79 Å². The minimum absolute atomic E-state index is 0.0150. The van der Waals surface area contributed by atoms with Gasteiger partial charge in [0.05, 0.1) is 24.5 Å². The molecule has 8 heteroatoms. The molecular weight excluding hydrogens is 444 g/mol. The average Bonchev–Trinajstić information content (AvgIpc) is 2.87. The van der Waals surface area contributed by atoms with Gasteiger partial charge in [-0.3, -0.25) is 9.78 Å². The first kappa shape index (κ1) is 24.9. The normalized spacial score (nSPS) is 21.3. The second-order valence-electron chi connectivity index (χ2n) is 9.53. The van der Waals surface area contributed by atoms with Crippen molar-refractivity contribution in [2.24, 2.45) is 5.92 Å². The number of amides is 1. The van der Waals surface area contributed by atoms with Gasteiger partial charge in [-0.15, -0.1) is 0 Å². The van der Waals surface area contributed by atoms with Crippen LogP contribution in [-0.2, 0) is 16.1 Å². The van der Waals surface area contributed by atoms with Crippen LogP contribution in [0.15, 0.2) is 48.8 Å². The second-order valence-corrected chi connectivity index (χ2v) is 9.53. The number of pyridine rings is 1. The molecule has 2 fully saturated rings. The number of rotatable bonds is 7. The summed E-state index contributed by atoms with van der Waals surface area (Å²) in [5.41, 5.74) is 3.45. The van der Waals surface area contributed by atoms with Gasteiger partial charge in [-0.2, -0.15) is 0 Å². The van der Waals surface area contributed by atoms with Crippen molar-refractivity contribution in [1.29, 1.82) is 0 Å². The topological polar surface area (TPSA) is 97.2 Å².